The fraction of sp³-hybridized carbons (Fsp3) is 0.613. The number of likely N-dealkylation sites (tertiary alicyclic amines) is 2. The van der Waals surface area contributed by atoms with Crippen LogP contribution in [0.2, 0.25) is 0 Å². The van der Waals surface area contributed by atoms with Crippen LogP contribution < -0.4 is 15.5 Å². The number of hydrogen-bond donors (Lipinski definition) is 2. The molecule has 1 saturated carbocycles. The molecule has 2 N–H and O–H groups in total. The van der Waals surface area contributed by atoms with Gasteiger partial charge in [-0.3, -0.25) is 34.0 Å². The number of cyclic esters (lactones) is 1. The maximum atomic E-state index is 15.6. The van der Waals surface area contributed by atoms with E-state index < -0.39 is 70.8 Å². The molecule has 16 nitrogen and oxygen atoms in total. The normalized spacial score (nSPS) is 25.7. The lowest BCUT2D eigenvalue weighted by molar-refractivity contribution is -0.155. The maximum absolute atomic E-state index is 15.6. The van der Waals surface area contributed by atoms with Crippen molar-refractivity contribution < 1.29 is 42.6 Å². The average Bonchev–Trinajstić information content (AvgIpc) is 4.32. The predicted octanol–water partition coefficient (Wildman–Crippen LogP) is 8.10. The summed E-state index contributed by atoms with van der Waals surface area (Å²) in [5, 5.41) is 5.52. The lowest BCUT2D eigenvalue weighted by atomic mass is 9.74. The molecule has 1 aliphatic carbocycles. The number of fused-ring (bicyclic) bond motifs is 8. The zero-order valence-electron chi connectivity index (χ0n) is 48.4. The van der Waals surface area contributed by atoms with Crippen LogP contribution in [-0.4, -0.2) is 148 Å². The summed E-state index contributed by atoms with van der Waals surface area (Å²) in [7, 11) is 3.29. The SMILES string of the molecule is CCn1c(-c2cc(C3(C)CCN(C4CC4)CC3)cnc2[C@H](C)OC)c2c3cc(ccc31)-c1cc3cc(c1)OC[C@@H]1[C@H](CCN1C(=O)C(C)(C)F)C(=O)N(C)[C@@H](C(C)C)C(=O)N[C@@H](C3)C(=O)N1CCC[C@H](N1)C(=O)OCC(C)(C)C2. The monoisotopic (exact) mass is 1090 g/mol. The zero-order valence-corrected chi connectivity index (χ0v) is 48.4. The molecule has 2 aromatic carbocycles. The quantitative estimate of drug-likeness (QED) is 0.164. The smallest absolute Gasteiger partial charge is 0.324 e. The summed E-state index contributed by atoms with van der Waals surface area (Å²) in [4.78, 5) is 83.4. The number of esters is 1. The molecule has 0 spiro atoms. The summed E-state index contributed by atoms with van der Waals surface area (Å²) in [5.41, 5.74) is 8.83. The number of benzene rings is 2. The molecule has 6 atom stereocenters. The molecule has 0 unspecified atom stereocenters. The summed E-state index contributed by atoms with van der Waals surface area (Å²) in [6.45, 7) is 20.1. The minimum absolute atomic E-state index is 0.0244. The molecule has 7 heterocycles. The third-order valence-corrected chi connectivity index (χ3v) is 18.1. The number of carbonyl (C=O) groups is 5. The Labute approximate surface area is 465 Å². The van der Waals surface area contributed by atoms with Crippen LogP contribution >= 0.6 is 0 Å². The number of alkyl halides is 1. The van der Waals surface area contributed by atoms with Crippen molar-refractivity contribution in [1.82, 2.24) is 40.0 Å². The first kappa shape index (κ1) is 56.4. The molecule has 6 aliphatic rings. The number of aryl methyl sites for hydroxylation is 1. The number of likely N-dealkylation sites (N-methyl/N-ethyl adjacent to an activating group) is 1. The third-order valence-electron chi connectivity index (χ3n) is 18.1. The van der Waals surface area contributed by atoms with Crippen LogP contribution in [0, 0.1) is 17.3 Å². The van der Waals surface area contributed by atoms with Crippen molar-refractivity contribution in [3.63, 3.8) is 0 Å². The highest BCUT2D eigenvalue weighted by atomic mass is 19.1. The van der Waals surface area contributed by atoms with E-state index in [1.807, 2.05) is 39.0 Å². The average molecular weight is 1090 g/mol. The summed E-state index contributed by atoms with van der Waals surface area (Å²) in [6, 6.07) is 11.5. The second-order valence-electron chi connectivity index (χ2n) is 25.4. The number of piperidine rings is 1. The number of hydrazine groups is 1. The Morgan fingerprint density at radius 1 is 0.911 bits per heavy atom. The van der Waals surface area contributed by atoms with Crippen LogP contribution in [0.25, 0.3) is 33.3 Å². The molecule has 8 bridgehead atoms. The third kappa shape index (κ3) is 11.2. The highest BCUT2D eigenvalue weighted by Crippen LogP contribution is 2.46. The first-order chi connectivity index (χ1) is 37.5. The maximum Gasteiger partial charge on any atom is 0.324 e. The number of amides is 4. The second-order valence-corrected chi connectivity index (χ2v) is 25.4. The molecule has 4 aromatic rings. The van der Waals surface area contributed by atoms with Crippen LogP contribution in [0.15, 0.2) is 48.7 Å². The number of halogens is 1. The van der Waals surface area contributed by atoms with Crippen LogP contribution in [0.1, 0.15) is 136 Å². The van der Waals surface area contributed by atoms with Gasteiger partial charge < -0.3 is 38.8 Å². The molecule has 3 saturated heterocycles. The number of methoxy groups -OCH3 is 1. The van der Waals surface area contributed by atoms with E-state index >= 15 is 9.18 Å². The Kier molecular flexibility index (Phi) is 15.6. The van der Waals surface area contributed by atoms with Gasteiger partial charge in [-0.05, 0) is 162 Å². The predicted molar refractivity (Wildman–Crippen MR) is 301 cm³/mol. The molecular weight excluding hydrogens is 1000 g/mol. The van der Waals surface area contributed by atoms with Crippen molar-refractivity contribution in [3.05, 3.63) is 71.0 Å². The molecule has 0 radical (unpaired) electrons. The number of hydrogen-bond acceptors (Lipinski definition) is 11. The number of aromatic nitrogens is 2. The molecule has 4 fully saturated rings. The number of nitrogens with one attached hydrogen (secondary N) is 2. The van der Waals surface area contributed by atoms with Gasteiger partial charge in [0.25, 0.3) is 11.8 Å². The second kappa shape index (κ2) is 21.9. The Morgan fingerprint density at radius 2 is 1.66 bits per heavy atom. The lowest BCUT2D eigenvalue weighted by Crippen LogP contribution is -2.62. The van der Waals surface area contributed by atoms with Gasteiger partial charge in [-0.2, -0.15) is 0 Å². The largest absolute Gasteiger partial charge is 0.491 e. The van der Waals surface area contributed by atoms with E-state index in [-0.39, 0.29) is 56.6 Å². The summed E-state index contributed by atoms with van der Waals surface area (Å²) in [6.07, 6.45) is 8.14. The zero-order chi connectivity index (χ0) is 56.5. The molecule has 4 amide bonds. The minimum Gasteiger partial charge on any atom is -0.491 e. The van der Waals surface area contributed by atoms with E-state index in [2.05, 4.69) is 78.4 Å². The van der Waals surface area contributed by atoms with Crippen molar-refractivity contribution >= 4 is 40.5 Å². The fourth-order valence-electron chi connectivity index (χ4n) is 13.3. The van der Waals surface area contributed by atoms with Crippen LogP contribution in [0.3, 0.4) is 0 Å². The first-order valence-corrected chi connectivity index (χ1v) is 29.0. The molecule has 426 valence electrons. The number of ether oxygens (including phenoxy) is 3. The highest BCUT2D eigenvalue weighted by molar-refractivity contribution is 5.96. The molecule has 79 heavy (non-hydrogen) atoms. The van der Waals surface area contributed by atoms with E-state index in [1.165, 1.54) is 47.1 Å². The van der Waals surface area contributed by atoms with Gasteiger partial charge in [-0.1, -0.05) is 46.8 Å². The Hall–Kier alpha value is -5.91. The number of carbonyl (C=O) groups excluding carboxylic acids is 5. The van der Waals surface area contributed by atoms with E-state index in [0.717, 1.165) is 76.5 Å². The van der Waals surface area contributed by atoms with Gasteiger partial charge in [0.05, 0.1) is 36.1 Å². The van der Waals surface area contributed by atoms with Gasteiger partial charge in [-0.15, -0.1) is 0 Å². The molecule has 10 rings (SSSR count). The molecule has 17 heteroatoms. The van der Waals surface area contributed by atoms with Gasteiger partial charge in [0.1, 0.15) is 30.5 Å². The van der Waals surface area contributed by atoms with Gasteiger partial charge in [0, 0.05) is 74.3 Å². The highest BCUT2D eigenvalue weighted by Gasteiger charge is 2.48. The number of nitrogens with zero attached hydrogens (tertiary/aromatic N) is 6. The lowest BCUT2D eigenvalue weighted by Gasteiger charge is -2.40. The van der Waals surface area contributed by atoms with Gasteiger partial charge in [-0.25, -0.2) is 9.82 Å². The van der Waals surface area contributed by atoms with Gasteiger partial charge in [0.15, 0.2) is 5.67 Å². The van der Waals surface area contributed by atoms with Crippen molar-refractivity contribution in [3.8, 4) is 28.1 Å². The van der Waals surface area contributed by atoms with E-state index in [0.29, 0.717) is 37.1 Å². The molecular formula is C62H83FN8O8. The standard InChI is InChI=1S/C62H83FN8O8/c1-12-69-50-18-15-39-30-45(50)47(54(69)46-31-41(33-64-52(46)37(4)77-11)62(9)20-24-68(25-21-62)42-16-17-42)32-60(5,6)35-79-58(75)48-14-13-22-71(66-48)57(74)49-28-38-26-40(39)29-43(27-38)78-34-51-44(19-23-70(51)59(76)61(7,8)63)56(73)67(10)53(36(2)3)55(72)65-49/h15,18,26-27,29-31,33,36-37,42,44,48-49,51,53,66H,12-14,16-17,19-25,28,32,34-35H2,1-11H3,(H,65,72)/t37-,44-,48-,49-,51+,53-/m0/s1. The first-order valence-electron chi connectivity index (χ1n) is 29.0. The molecule has 5 aliphatic heterocycles. The minimum atomic E-state index is -2.21. The number of pyridine rings is 1. The summed E-state index contributed by atoms with van der Waals surface area (Å²) >= 11 is 0. The van der Waals surface area contributed by atoms with Crippen LogP contribution in [-0.2, 0) is 58.2 Å². The van der Waals surface area contributed by atoms with Crippen molar-refractivity contribution in [1.29, 1.82) is 0 Å². The number of rotatable bonds is 8. The van der Waals surface area contributed by atoms with Crippen molar-refractivity contribution in [2.75, 3.05) is 53.6 Å². The Balaban J connectivity index is 1.16. The van der Waals surface area contributed by atoms with Crippen LogP contribution in [0.4, 0.5) is 4.39 Å². The Morgan fingerprint density at radius 3 is 2.34 bits per heavy atom. The van der Waals surface area contributed by atoms with Crippen molar-refractivity contribution in [2.45, 2.75) is 174 Å². The van der Waals surface area contributed by atoms with E-state index in [1.54, 1.807) is 14.2 Å². The van der Waals surface area contributed by atoms with Crippen molar-refractivity contribution in [2.24, 2.45) is 17.3 Å². The Bertz CT molecular complexity index is 3010. The van der Waals surface area contributed by atoms with Gasteiger partial charge >= 0.3 is 5.97 Å². The van der Waals surface area contributed by atoms with E-state index in [4.69, 9.17) is 19.2 Å². The molecule has 2 aromatic heterocycles. The fourth-order valence-corrected chi connectivity index (χ4v) is 13.3. The summed E-state index contributed by atoms with van der Waals surface area (Å²) in [5.74, 6) is -3.35. The van der Waals surface area contributed by atoms with E-state index in [9.17, 15) is 19.2 Å². The van der Waals surface area contributed by atoms with Gasteiger partial charge in [0.2, 0.25) is 11.8 Å². The van der Waals surface area contributed by atoms with Crippen LogP contribution in [0.5, 0.6) is 5.75 Å². The topological polar surface area (TPSA) is 168 Å². The summed E-state index contributed by atoms with van der Waals surface area (Å²) < 4.78 is 37.1.